The maximum Gasteiger partial charge on any atom is 0.257 e. The molecule has 3 aromatic heterocycles. The molecular weight excluding hydrogens is 334 g/mol. The number of ether oxygens (including phenoxy) is 1. The van der Waals surface area contributed by atoms with Gasteiger partial charge in [0.1, 0.15) is 6.10 Å². The van der Waals surface area contributed by atoms with Gasteiger partial charge in [-0.15, -0.1) is 5.10 Å². The van der Waals surface area contributed by atoms with Gasteiger partial charge >= 0.3 is 0 Å². The van der Waals surface area contributed by atoms with Crippen LogP contribution < -0.4 is 0 Å². The van der Waals surface area contributed by atoms with Gasteiger partial charge in [-0.3, -0.25) is 9.88 Å². The first-order valence-corrected chi connectivity index (χ1v) is 8.61. The molecular formula is C17H21N7O2. The molecule has 4 heterocycles. The molecule has 4 rings (SSSR count). The lowest BCUT2D eigenvalue weighted by atomic mass is 10.2. The molecule has 0 N–H and O–H groups in total. The van der Waals surface area contributed by atoms with Crippen LogP contribution in [-0.2, 0) is 17.8 Å². The summed E-state index contributed by atoms with van der Waals surface area (Å²) >= 11 is 0. The molecule has 1 fully saturated rings. The Bertz CT molecular complexity index is 848. The fourth-order valence-electron chi connectivity index (χ4n) is 3.14. The van der Waals surface area contributed by atoms with Crippen LogP contribution in [0.4, 0.5) is 0 Å². The number of rotatable bonds is 5. The Balaban J connectivity index is 1.40. The maximum atomic E-state index is 5.95. The van der Waals surface area contributed by atoms with Crippen molar-refractivity contribution < 1.29 is 9.26 Å². The van der Waals surface area contributed by atoms with Crippen molar-refractivity contribution >= 4 is 0 Å². The topological polar surface area (TPSA) is 95.0 Å². The van der Waals surface area contributed by atoms with Crippen LogP contribution in [0.15, 0.2) is 35.2 Å². The summed E-state index contributed by atoms with van der Waals surface area (Å²) in [5.74, 6) is 1.14. The van der Waals surface area contributed by atoms with E-state index in [1.165, 1.54) is 0 Å². The zero-order chi connectivity index (χ0) is 17.9. The molecule has 0 aromatic carbocycles. The maximum absolute atomic E-state index is 5.95. The quantitative estimate of drug-likeness (QED) is 0.677. The van der Waals surface area contributed by atoms with Crippen molar-refractivity contribution in [3.63, 3.8) is 0 Å². The molecule has 26 heavy (non-hydrogen) atoms. The van der Waals surface area contributed by atoms with Crippen molar-refractivity contribution in [2.75, 3.05) is 13.1 Å². The van der Waals surface area contributed by atoms with Gasteiger partial charge in [0.2, 0.25) is 0 Å². The Morgan fingerprint density at radius 1 is 1.27 bits per heavy atom. The number of nitrogens with zero attached hydrogens (tertiary/aromatic N) is 7. The number of aromatic nitrogens is 6. The van der Waals surface area contributed by atoms with Crippen LogP contribution >= 0.6 is 0 Å². The largest absolute Gasteiger partial charge is 0.363 e. The van der Waals surface area contributed by atoms with Crippen LogP contribution in [0.1, 0.15) is 36.0 Å². The Labute approximate surface area is 151 Å². The molecule has 0 saturated carbocycles. The average molecular weight is 355 g/mol. The van der Waals surface area contributed by atoms with E-state index in [-0.39, 0.29) is 12.2 Å². The second-order valence-electron chi connectivity index (χ2n) is 6.58. The molecule has 0 aliphatic carbocycles. The molecule has 0 bridgehead atoms. The molecule has 1 aliphatic rings. The van der Waals surface area contributed by atoms with Crippen molar-refractivity contribution in [2.45, 2.75) is 39.1 Å². The van der Waals surface area contributed by atoms with Crippen LogP contribution in [0.3, 0.4) is 0 Å². The highest BCUT2D eigenvalue weighted by atomic mass is 16.5. The monoisotopic (exact) mass is 355 g/mol. The summed E-state index contributed by atoms with van der Waals surface area (Å²) < 4.78 is 13.1. The highest BCUT2D eigenvalue weighted by Gasteiger charge is 2.30. The molecule has 2 atom stereocenters. The van der Waals surface area contributed by atoms with Gasteiger partial charge < -0.3 is 9.26 Å². The van der Waals surface area contributed by atoms with Gasteiger partial charge in [-0.05, 0) is 25.5 Å². The molecule has 0 radical (unpaired) electrons. The Morgan fingerprint density at radius 2 is 2.19 bits per heavy atom. The Hall–Kier alpha value is -2.65. The molecule has 0 unspecified atom stereocenters. The van der Waals surface area contributed by atoms with Crippen LogP contribution in [0, 0.1) is 6.92 Å². The highest BCUT2D eigenvalue weighted by Crippen LogP contribution is 2.24. The van der Waals surface area contributed by atoms with E-state index in [1.54, 1.807) is 13.1 Å². The summed E-state index contributed by atoms with van der Waals surface area (Å²) in [7, 11) is 0. The summed E-state index contributed by atoms with van der Waals surface area (Å²) in [5.41, 5.74) is 2.01. The molecule has 9 heteroatoms. The van der Waals surface area contributed by atoms with Crippen molar-refractivity contribution in [3.8, 4) is 0 Å². The second kappa shape index (κ2) is 7.30. The van der Waals surface area contributed by atoms with Crippen molar-refractivity contribution in [2.24, 2.45) is 0 Å². The summed E-state index contributed by atoms with van der Waals surface area (Å²) in [4.78, 5) is 10.7. The standard InChI is InChI=1S/C17H21N7O2/c1-12-7-23(11-16(25-12)17-19-13(2)21-26-17)9-15-10-24(22-20-15)8-14-4-3-5-18-6-14/h3-6,10,12,16H,7-9,11H2,1-2H3/t12-,16-/m1/s1. The third kappa shape index (κ3) is 3.94. The van der Waals surface area contributed by atoms with Crippen molar-refractivity contribution in [1.82, 2.24) is 35.0 Å². The van der Waals surface area contributed by atoms with E-state index in [4.69, 9.17) is 9.26 Å². The van der Waals surface area contributed by atoms with E-state index in [0.29, 0.717) is 31.3 Å². The van der Waals surface area contributed by atoms with Crippen LogP contribution in [0.5, 0.6) is 0 Å². The number of hydrogen-bond acceptors (Lipinski definition) is 8. The fraction of sp³-hybridized carbons (Fsp3) is 0.471. The zero-order valence-electron chi connectivity index (χ0n) is 14.8. The van der Waals surface area contributed by atoms with Gasteiger partial charge in [0.15, 0.2) is 5.82 Å². The molecule has 1 saturated heterocycles. The summed E-state index contributed by atoms with van der Waals surface area (Å²) in [6.07, 6.45) is 5.43. The van der Waals surface area contributed by atoms with Gasteiger partial charge in [0, 0.05) is 32.0 Å². The molecule has 0 amide bonds. The Kier molecular flexibility index (Phi) is 4.72. The van der Waals surface area contributed by atoms with Gasteiger partial charge in [-0.25, -0.2) is 4.68 Å². The van der Waals surface area contributed by atoms with Crippen LogP contribution in [0.25, 0.3) is 0 Å². The van der Waals surface area contributed by atoms with Gasteiger partial charge in [-0.2, -0.15) is 4.98 Å². The normalized spacial score (nSPS) is 21.2. The average Bonchev–Trinajstić information content (AvgIpc) is 3.24. The zero-order valence-corrected chi connectivity index (χ0v) is 14.8. The lowest BCUT2D eigenvalue weighted by molar-refractivity contribution is -0.0933. The van der Waals surface area contributed by atoms with Gasteiger partial charge in [-0.1, -0.05) is 16.4 Å². The predicted octanol–water partition coefficient (Wildman–Crippen LogP) is 1.37. The summed E-state index contributed by atoms with van der Waals surface area (Å²) in [6, 6.07) is 3.94. The molecule has 136 valence electrons. The Morgan fingerprint density at radius 3 is 2.96 bits per heavy atom. The number of morpholine rings is 1. The summed E-state index contributed by atoms with van der Waals surface area (Å²) in [6.45, 7) is 6.70. The minimum Gasteiger partial charge on any atom is -0.363 e. The first kappa shape index (κ1) is 16.8. The van der Waals surface area contributed by atoms with Crippen LogP contribution in [0.2, 0.25) is 0 Å². The van der Waals surface area contributed by atoms with Crippen LogP contribution in [-0.4, -0.2) is 54.2 Å². The SMILES string of the molecule is Cc1noc([C@H]2CN(Cc3cn(Cc4cccnc4)nn3)C[C@@H](C)O2)n1. The van der Waals surface area contributed by atoms with Crippen molar-refractivity contribution in [1.29, 1.82) is 0 Å². The third-order valence-electron chi connectivity index (χ3n) is 4.19. The van der Waals surface area contributed by atoms with Gasteiger partial charge in [0.05, 0.1) is 24.5 Å². The summed E-state index contributed by atoms with van der Waals surface area (Å²) in [5, 5.41) is 12.4. The predicted molar refractivity (Wildman–Crippen MR) is 91.0 cm³/mol. The fourth-order valence-corrected chi connectivity index (χ4v) is 3.14. The van der Waals surface area contributed by atoms with E-state index in [1.807, 2.05) is 36.1 Å². The van der Waals surface area contributed by atoms with E-state index in [9.17, 15) is 0 Å². The highest BCUT2D eigenvalue weighted by molar-refractivity contribution is 5.09. The van der Waals surface area contributed by atoms with E-state index in [2.05, 4.69) is 30.3 Å². The first-order valence-electron chi connectivity index (χ1n) is 8.61. The second-order valence-corrected chi connectivity index (χ2v) is 6.58. The van der Waals surface area contributed by atoms with E-state index < -0.39 is 0 Å². The molecule has 3 aromatic rings. The number of hydrogen-bond donors (Lipinski definition) is 0. The number of aryl methyl sites for hydroxylation is 1. The molecule has 9 nitrogen and oxygen atoms in total. The minimum atomic E-state index is -0.217. The molecule has 1 aliphatic heterocycles. The molecule has 0 spiro atoms. The van der Waals surface area contributed by atoms with E-state index in [0.717, 1.165) is 17.8 Å². The smallest absolute Gasteiger partial charge is 0.257 e. The van der Waals surface area contributed by atoms with Crippen molar-refractivity contribution in [3.05, 3.63) is 53.7 Å². The van der Waals surface area contributed by atoms with E-state index >= 15 is 0 Å². The first-order chi connectivity index (χ1) is 12.7. The lowest BCUT2D eigenvalue weighted by Crippen LogP contribution is -2.42. The lowest BCUT2D eigenvalue weighted by Gasteiger charge is -2.34. The van der Waals surface area contributed by atoms with Gasteiger partial charge in [0.25, 0.3) is 5.89 Å². The number of pyridine rings is 1. The third-order valence-corrected chi connectivity index (χ3v) is 4.19. The minimum absolute atomic E-state index is 0.0754.